The van der Waals surface area contributed by atoms with E-state index in [0.29, 0.717) is 0 Å². The Kier molecular flexibility index (Phi) is 4.10. The third-order valence-electron chi connectivity index (χ3n) is 3.71. The van der Waals surface area contributed by atoms with Gasteiger partial charge in [-0.05, 0) is 28.8 Å². The Morgan fingerprint density at radius 3 is 1.68 bits per heavy atom. The lowest BCUT2D eigenvalue weighted by Crippen LogP contribution is -1.94. The molecule has 3 aromatic rings. The van der Waals surface area contributed by atoms with Gasteiger partial charge in [0.15, 0.2) is 0 Å². The minimum absolute atomic E-state index is 0.808. The highest BCUT2D eigenvalue weighted by Crippen LogP contribution is 2.42. The summed E-state index contributed by atoms with van der Waals surface area (Å²) in [5.74, 6) is 1.62. The van der Waals surface area contributed by atoms with Gasteiger partial charge in [-0.25, -0.2) is 0 Å². The van der Waals surface area contributed by atoms with E-state index in [1.165, 1.54) is 5.56 Å². The molecule has 2 nitrogen and oxygen atoms in total. The molecular weight excluding hydrogens is 272 g/mol. The topological polar surface area (TPSA) is 18.5 Å². The number of benzene rings is 3. The minimum atomic E-state index is 0.808. The molecule has 0 bridgehead atoms. The van der Waals surface area contributed by atoms with Crippen molar-refractivity contribution in [3.05, 3.63) is 72.8 Å². The summed E-state index contributed by atoms with van der Waals surface area (Å²) in [6.07, 6.45) is 0. The van der Waals surface area contributed by atoms with E-state index in [9.17, 15) is 0 Å². The van der Waals surface area contributed by atoms with Crippen molar-refractivity contribution in [2.24, 2.45) is 0 Å². The average Bonchev–Trinajstić information content (AvgIpc) is 2.61. The molecule has 0 N–H and O–H groups in total. The van der Waals surface area contributed by atoms with Crippen LogP contribution >= 0.6 is 0 Å². The molecule has 2 heteroatoms. The summed E-state index contributed by atoms with van der Waals surface area (Å²) in [7, 11) is 3.37. The minimum Gasteiger partial charge on any atom is -0.496 e. The van der Waals surface area contributed by atoms with Gasteiger partial charge in [0, 0.05) is 0 Å². The molecule has 110 valence electrons. The molecule has 0 spiro atoms. The SMILES string of the molecule is COc1cccc(OC)c1-c1ccccc1-c1ccccc1. The maximum absolute atomic E-state index is 5.55. The molecule has 0 atom stereocenters. The van der Waals surface area contributed by atoms with Gasteiger partial charge >= 0.3 is 0 Å². The molecule has 0 unspecified atom stereocenters. The van der Waals surface area contributed by atoms with Crippen LogP contribution in [0.2, 0.25) is 0 Å². The van der Waals surface area contributed by atoms with Crippen LogP contribution in [0.15, 0.2) is 72.8 Å². The van der Waals surface area contributed by atoms with Gasteiger partial charge in [-0.1, -0.05) is 60.7 Å². The summed E-state index contributed by atoms with van der Waals surface area (Å²) in [6, 6.07) is 24.5. The summed E-state index contributed by atoms with van der Waals surface area (Å²) >= 11 is 0. The fraction of sp³-hybridized carbons (Fsp3) is 0.100. The van der Waals surface area contributed by atoms with Gasteiger partial charge in [0.05, 0.1) is 19.8 Å². The first-order valence-corrected chi connectivity index (χ1v) is 7.21. The highest BCUT2D eigenvalue weighted by Gasteiger charge is 2.16. The maximum atomic E-state index is 5.55. The van der Waals surface area contributed by atoms with E-state index in [-0.39, 0.29) is 0 Å². The molecule has 0 fully saturated rings. The Hall–Kier alpha value is -2.74. The van der Waals surface area contributed by atoms with E-state index in [4.69, 9.17) is 9.47 Å². The van der Waals surface area contributed by atoms with E-state index in [0.717, 1.165) is 28.2 Å². The molecule has 3 aromatic carbocycles. The molecule has 0 aliphatic rings. The number of hydrogen-bond acceptors (Lipinski definition) is 2. The first-order valence-electron chi connectivity index (χ1n) is 7.21. The Labute approximate surface area is 131 Å². The summed E-state index contributed by atoms with van der Waals surface area (Å²) in [5, 5.41) is 0. The molecule has 0 aliphatic heterocycles. The average molecular weight is 290 g/mol. The van der Waals surface area contributed by atoms with Crippen molar-refractivity contribution in [1.82, 2.24) is 0 Å². The van der Waals surface area contributed by atoms with E-state index >= 15 is 0 Å². The zero-order chi connectivity index (χ0) is 15.4. The fourth-order valence-electron chi connectivity index (χ4n) is 2.69. The second-order valence-corrected chi connectivity index (χ2v) is 4.95. The van der Waals surface area contributed by atoms with Gasteiger partial charge in [0.25, 0.3) is 0 Å². The van der Waals surface area contributed by atoms with Crippen LogP contribution in [-0.4, -0.2) is 14.2 Å². The van der Waals surface area contributed by atoms with E-state index < -0.39 is 0 Å². The predicted octanol–water partition coefficient (Wildman–Crippen LogP) is 5.04. The van der Waals surface area contributed by atoms with Gasteiger partial charge in [-0.3, -0.25) is 0 Å². The Bertz CT molecular complexity index is 741. The number of ether oxygens (including phenoxy) is 2. The Morgan fingerprint density at radius 2 is 1.09 bits per heavy atom. The summed E-state index contributed by atoms with van der Waals surface area (Å²) in [6.45, 7) is 0. The van der Waals surface area contributed by atoms with Gasteiger partial charge in [0.2, 0.25) is 0 Å². The number of hydrogen-bond donors (Lipinski definition) is 0. The maximum Gasteiger partial charge on any atom is 0.130 e. The second-order valence-electron chi connectivity index (χ2n) is 4.95. The molecule has 0 amide bonds. The van der Waals surface area contributed by atoms with Gasteiger partial charge < -0.3 is 9.47 Å². The van der Waals surface area contributed by atoms with Crippen LogP contribution < -0.4 is 9.47 Å². The fourth-order valence-corrected chi connectivity index (χ4v) is 2.69. The van der Waals surface area contributed by atoms with E-state index in [1.807, 2.05) is 48.5 Å². The highest BCUT2D eigenvalue weighted by molar-refractivity contribution is 5.89. The molecule has 3 rings (SSSR count). The summed E-state index contributed by atoms with van der Waals surface area (Å²) in [5.41, 5.74) is 4.41. The van der Waals surface area contributed by atoms with Crippen LogP contribution in [0.4, 0.5) is 0 Å². The van der Waals surface area contributed by atoms with Crippen LogP contribution in [-0.2, 0) is 0 Å². The quantitative estimate of drug-likeness (QED) is 0.670. The molecule has 0 aromatic heterocycles. The van der Waals surface area contributed by atoms with Crippen LogP contribution in [0.5, 0.6) is 11.5 Å². The molecule has 0 radical (unpaired) electrons. The molecule has 22 heavy (non-hydrogen) atoms. The highest BCUT2D eigenvalue weighted by atomic mass is 16.5. The predicted molar refractivity (Wildman–Crippen MR) is 90.4 cm³/mol. The number of rotatable bonds is 4. The Balaban J connectivity index is 2.27. The second kappa shape index (κ2) is 6.35. The first kappa shape index (κ1) is 14.2. The summed E-state index contributed by atoms with van der Waals surface area (Å²) in [4.78, 5) is 0. The van der Waals surface area contributed by atoms with E-state index in [1.54, 1.807) is 14.2 Å². The first-order chi connectivity index (χ1) is 10.8. The van der Waals surface area contributed by atoms with Crippen LogP contribution in [0.3, 0.4) is 0 Å². The number of methoxy groups -OCH3 is 2. The standard InChI is InChI=1S/C20H18O2/c1-21-18-13-8-14-19(22-2)20(18)17-12-7-6-11-16(17)15-9-4-3-5-10-15/h3-14H,1-2H3. The Morgan fingerprint density at radius 1 is 0.545 bits per heavy atom. The monoisotopic (exact) mass is 290 g/mol. The largest absolute Gasteiger partial charge is 0.496 e. The van der Waals surface area contributed by atoms with Crippen LogP contribution in [0.25, 0.3) is 22.3 Å². The summed E-state index contributed by atoms with van der Waals surface area (Å²) < 4.78 is 11.1. The van der Waals surface area contributed by atoms with Gasteiger partial charge in [0.1, 0.15) is 11.5 Å². The molecule has 0 saturated heterocycles. The van der Waals surface area contributed by atoms with Gasteiger partial charge in [-0.2, -0.15) is 0 Å². The van der Waals surface area contributed by atoms with Crippen molar-refractivity contribution in [2.75, 3.05) is 14.2 Å². The normalized spacial score (nSPS) is 10.3. The third-order valence-corrected chi connectivity index (χ3v) is 3.71. The smallest absolute Gasteiger partial charge is 0.130 e. The van der Waals surface area contributed by atoms with Crippen molar-refractivity contribution in [2.45, 2.75) is 0 Å². The van der Waals surface area contributed by atoms with Crippen molar-refractivity contribution >= 4 is 0 Å². The lowest BCUT2D eigenvalue weighted by atomic mass is 9.93. The van der Waals surface area contributed by atoms with Crippen molar-refractivity contribution in [3.8, 4) is 33.8 Å². The lowest BCUT2D eigenvalue weighted by molar-refractivity contribution is 0.397. The molecule has 0 heterocycles. The zero-order valence-corrected chi connectivity index (χ0v) is 12.7. The van der Waals surface area contributed by atoms with Crippen molar-refractivity contribution < 1.29 is 9.47 Å². The van der Waals surface area contributed by atoms with Crippen LogP contribution in [0, 0.1) is 0 Å². The molecule has 0 saturated carbocycles. The van der Waals surface area contributed by atoms with Crippen molar-refractivity contribution in [1.29, 1.82) is 0 Å². The lowest BCUT2D eigenvalue weighted by Gasteiger charge is -2.16. The molecule has 0 aliphatic carbocycles. The van der Waals surface area contributed by atoms with Crippen molar-refractivity contribution in [3.63, 3.8) is 0 Å². The van der Waals surface area contributed by atoms with Crippen LogP contribution in [0.1, 0.15) is 0 Å². The molecular formula is C20H18O2. The third kappa shape index (κ3) is 2.56. The van der Waals surface area contributed by atoms with E-state index in [2.05, 4.69) is 24.3 Å². The zero-order valence-electron chi connectivity index (χ0n) is 12.7. The van der Waals surface area contributed by atoms with Gasteiger partial charge in [-0.15, -0.1) is 0 Å².